The first kappa shape index (κ1) is 46.0. The van der Waals surface area contributed by atoms with Crippen LogP contribution in [0, 0.1) is 0 Å². The molecule has 2 unspecified atom stereocenters. The Morgan fingerprint density at radius 2 is 0.812 bits per heavy atom. The van der Waals surface area contributed by atoms with Crippen LogP contribution in [-0.2, 0) is 22.7 Å². The number of rotatable bonds is 29. The van der Waals surface area contributed by atoms with E-state index in [-0.39, 0.29) is 0 Å². The number of benzene rings is 1. The van der Waals surface area contributed by atoms with E-state index in [9.17, 15) is 19.8 Å². The molecule has 0 saturated carbocycles. The number of hydrogen-bond donors (Lipinski definition) is 2. The number of quaternary nitrogens is 2. The summed E-state index contributed by atoms with van der Waals surface area (Å²) in [6.07, 6.45) is 23.5. The smallest absolute Gasteiger partial charge is 0.124 e. The molecular formula is C40H74N2O6. The molecule has 0 amide bonds. The first-order valence-corrected chi connectivity index (χ1v) is 19.2. The fourth-order valence-corrected chi connectivity index (χ4v) is 6.29. The van der Waals surface area contributed by atoms with Crippen LogP contribution in [0.2, 0.25) is 0 Å². The number of aliphatic carboxylic acids is 2. The summed E-state index contributed by atoms with van der Waals surface area (Å²) < 4.78 is 2.22. The number of carboxylic acid groups (broad SMARTS) is 2. The van der Waals surface area contributed by atoms with Gasteiger partial charge in [0.2, 0.25) is 0 Å². The lowest BCUT2D eigenvalue weighted by atomic mass is 10.1. The van der Waals surface area contributed by atoms with Gasteiger partial charge >= 0.3 is 0 Å². The Bertz CT molecular complexity index is 880. The maximum Gasteiger partial charge on any atom is 0.124 e. The monoisotopic (exact) mass is 679 g/mol. The van der Waals surface area contributed by atoms with Crippen LogP contribution in [-0.4, -0.2) is 84.6 Å². The fourth-order valence-electron chi connectivity index (χ4n) is 6.29. The molecule has 0 heterocycles. The van der Waals surface area contributed by atoms with Crippen molar-refractivity contribution in [3.63, 3.8) is 0 Å². The predicted molar refractivity (Wildman–Crippen MR) is 194 cm³/mol. The molecule has 1 rings (SSSR count). The van der Waals surface area contributed by atoms with E-state index < -0.39 is 24.1 Å². The van der Waals surface area contributed by atoms with Crippen molar-refractivity contribution in [2.45, 2.75) is 168 Å². The zero-order valence-corrected chi connectivity index (χ0v) is 31.9. The lowest BCUT2D eigenvalue weighted by Gasteiger charge is -2.31. The molecule has 2 N–H and O–H groups in total. The Morgan fingerprint density at radius 3 is 1.08 bits per heavy atom. The second-order valence-corrected chi connectivity index (χ2v) is 15.3. The van der Waals surface area contributed by atoms with Gasteiger partial charge in [-0.3, -0.25) is 0 Å². The van der Waals surface area contributed by atoms with Crippen molar-refractivity contribution in [1.29, 1.82) is 0 Å². The molecule has 48 heavy (non-hydrogen) atoms. The largest absolute Gasteiger partial charge is 0.547 e. The normalized spacial score (nSPS) is 13.1. The second-order valence-electron chi connectivity index (χ2n) is 15.3. The molecule has 280 valence electrons. The molecule has 8 heteroatoms. The van der Waals surface area contributed by atoms with Crippen molar-refractivity contribution in [3.8, 4) is 0 Å². The van der Waals surface area contributed by atoms with Gasteiger partial charge in [-0.05, 0) is 31.7 Å². The number of unbranched alkanes of at least 4 members (excludes halogenated alkanes) is 18. The van der Waals surface area contributed by atoms with E-state index in [0.717, 1.165) is 22.1 Å². The van der Waals surface area contributed by atoms with E-state index >= 15 is 0 Å². The van der Waals surface area contributed by atoms with Gasteiger partial charge in [0.15, 0.2) is 0 Å². The molecule has 0 saturated heterocycles. The summed E-state index contributed by atoms with van der Waals surface area (Å²) in [6, 6.07) is 9.50. The molecule has 0 aromatic heterocycles. The minimum absolute atomic E-state index is 1.11. The van der Waals surface area contributed by atoms with Gasteiger partial charge in [-0.15, -0.1) is 0 Å². The number of carboxylic acids is 2. The molecule has 1 aromatic rings. The summed E-state index contributed by atoms with van der Waals surface area (Å²) in [5.41, 5.74) is 3.03. The predicted octanol–water partition coefficient (Wildman–Crippen LogP) is 5.89. The molecule has 0 aliphatic heterocycles. The summed E-state index contributed by atoms with van der Waals surface area (Å²) in [5, 5.41) is 35.7. The molecule has 1 aromatic carbocycles. The highest BCUT2D eigenvalue weighted by atomic mass is 16.4. The van der Waals surface area contributed by atoms with E-state index in [0.29, 0.717) is 0 Å². The highest BCUT2D eigenvalue weighted by molar-refractivity contribution is 5.80. The fraction of sp³-hybridized carbons (Fsp3) is 0.800. The van der Waals surface area contributed by atoms with Crippen molar-refractivity contribution in [2.24, 2.45) is 0 Å². The van der Waals surface area contributed by atoms with Crippen molar-refractivity contribution in [2.75, 3.05) is 41.3 Å². The van der Waals surface area contributed by atoms with Crippen molar-refractivity contribution in [3.05, 3.63) is 35.4 Å². The lowest BCUT2D eigenvalue weighted by molar-refractivity contribution is -0.904. The van der Waals surface area contributed by atoms with Crippen molar-refractivity contribution >= 4 is 11.9 Å². The minimum Gasteiger partial charge on any atom is -0.547 e. The number of hydrogen-bond acceptors (Lipinski definition) is 6. The van der Waals surface area contributed by atoms with Crippen LogP contribution in [0.25, 0.3) is 0 Å². The number of carbonyl (C=O) groups excluding carboxylic acids is 2. The van der Waals surface area contributed by atoms with Gasteiger partial charge in [0.05, 0.1) is 53.2 Å². The van der Waals surface area contributed by atoms with Crippen LogP contribution in [0.3, 0.4) is 0 Å². The Labute approximate surface area is 294 Å². The topological polar surface area (TPSA) is 121 Å². The van der Waals surface area contributed by atoms with Crippen LogP contribution in [0.15, 0.2) is 24.3 Å². The summed E-state index contributed by atoms with van der Waals surface area (Å²) >= 11 is 0. The number of aliphatic hydroxyl groups excluding tert-OH is 2. The minimum atomic E-state index is -2.44. The van der Waals surface area contributed by atoms with E-state index in [1.807, 2.05) is 0 Å². The van der Waals surface area contributed by atoms with Crippen LogP contribution in [0.4, 0.5) is 0 Å². The average Bonchev–Trinajstić information content (AvgIpc) is 3.02. The van der Waals surface area contributed by atoms with Gasteiger partial charge in [0.1, 0.15) is 25.3 Å². The summed E-state index contributed by atoms with van der Waals surface area (Å²) in [5.74, 6) is -4.12. The van der Waals surface area contributed by atoms with Gasteiger partial charge in [-0.1, -0.05) is 135 Å². The van der Waals surface area contributed by atoms with Gasteiger partial charge in [-0.25, -0.2) is 0 Å². The Balaban J connectivity index is 0.00000190. The highest BCUT2D eigenvalue weighted by Crippen LogP contribution is 2.18. The van der Waals surface area contributed by atoms with Crippen LogP contribution < -0.4 is 10.2 Å². The molecule has 0 spiro atoms. The zero-order chi connectivity index (χ0) is 36.3. The van der Waals surface area contributed by atoms with Crippen LogP contribution in [0.5, 0.6) is 0 Å². The molecule has 0 aliphatic rings. The lowest BCUT2D eigenvalue weighted by Crippen LogP contribution is -2.51. The number of nitrogens with zero attached hydrogens (tertiary/aromatic N) is 2. The second kappa shape index (κ2) is 27.8. The Hall–Kier alpha value is -2.00. The van der Waals surface area contributed by atoms with E-state index in [2.05, 4.69) is 66.3 Å². The third kappa shape index (κ3) is 25.9. The van der Waals surface area contributed by atoms with Crippen molar-refractivity contribution < 1.29 is 39.0 Å². The van der Waals surface area contributed by atoms with E-state index in [1.165, 1.54) is 153 Å². The summed E-state index contributed by atoms with van der Waals surface area (Å²) in [6.45, 7) is 9.49. The standard InChI is InChI=1S/C36H70N2.C4H6O6/c1-7-9-11-13-15-17-19-21-23-25-30-37(3,4)33-35-28-27-29-36(32-35)34-38(5,6)31-26-24-22-20-18-16-14-12-10-8-2;5-1(3(7)8)2(6)4(9)10/h27-29,32H,7-26,30-31,33-34H2,1-6H3;1-2,5-6H,(H,7,8)(H,9,10)/q+2;/p-2. The average molecular weight is 679 g/mol. The molecular weight excluding hydrogens is 604 g/mol. The maximum atomic E-state index is 9.63. The highest BCUT2D eigenvalue weighted by Gasteiger charge is 2.19. The third-order valence-corrected chi connectivity index (χ3v) is 9.23. The SMILES string of the molecule is CCCCCCCCCCCC[N+](C)(C)Cc1cccc(C[N+](C)(C)CCCCCCCCCCCC)c1.O=C([O-])C(O)C(O)C(=O)[O-]. The quantitative estimate of drug-likeness (QED) is 0.0806. The molecule has 0 aliphatic carbocycles. The van der Waals surface area contributed by atoms with E-state index in [4.69, 9.17) is 10.2 Å². The molecule has 0 bridgehead atoms. The first-order chi connectivity index (χ1) is 22.7. The van der Waals surface area contributed by atoms with E-state index in [1.54, 1.807) is 0 Å². The van der Waals surface area contributed by atoms with Crippen molar-refractivity contribution in [1.82, 2.24) is 0 Å². The zero-order valence-electron chi connectivity index (χ0n) is 31.9. The maximum absolute atomic E-state index is 9.63. The molecule has 2 atom stereocenters. The summed E-state index contributed by atoms with van der Waals surface area (Å²) in [4.78, 5) is 19.3. The Morgan fingerprint density at radius 1 is 0.542 bits per heavy atom. The number of carbonyl (C=O) groups is 2. The summed E-state index contributed by atoms with van der Waals surface area (Å²) in [7, 11) is 9.69. The van der Waals surface area contributed by atoms with Gasteiger partial charge in [-0.2, -0.15) is 0 Å². The molecule has 0 fully saturated rings. The van der Waals surface area contributed by atoms with Gasteiger partial charge in [0.25, 0.3) is 0 Å². The molecule has 0 radical (unpaired) electrons. The Kier molecular flexibility index (Phi) is 26.6. The van der Waals surface area contributed by atoms with Crippen LogP contribution in [0.1, 0.15) is 153 Å². The van der Waals surface area contributed by atoms with Gasteiger partial charge in [0, 0.05) is 11.1 Å². The van der Waals surface area contributed by atoms with Gasteiger partial charge < -0.3 is 39.0 Å². The first-order valence-electron chi connectivity index (χ1n) is 19.2. The number of aliphatic hydroxyl groups is 2. The van der Waals surface area contributed by atoms with Crippen LogP contribution >= 0.6 is 0 Å². The third-order valence-electron chi connectivity index (χ3n) is 9.23. The molecule has 8 nitrogen and oxygen atoms in total.